The third kappa shape index (κ3) is 1.72. The fraction of sp³-hybridized carbons (Fsp3) is 0.182. The zero-order valence-electron chi connectivity index (χ0n) is 9.07. The fourth-order valence-corrected chi connectivity index (χ4v) is 1.71. The molecule has 0 spiro atoms. The lowest BCUT2D eigenvalue weighted by molar-refractivity contribution is 0.415. The van der Waals surface area contributed by atoms with Gasteiger partial charge in [0.25, 0.3) is 0 Å². The van der Waals surface area contributed by atoms with Gasteiger partial charge in [-0.3, -0.25) is 4.68 Å². The van der Waals surface area contributed by atoms with Crippen molar-refractivity contribution >= 4 is 17.4 Å². The highest BCUT2D eigenvalue weighted by Crippen LogP contribution is 2.31. The highest BCUT2D eigenvalue weighted by Gasteiger charge is 2.13. The van der Waals surface area contributed by atoms with Gasteiger partial charge in [-0.05, 0) is 24.3 Å². The Kier molecular flexibility index (Phi) is 2.75. The molecule has 0 unspecified atom stereocenters. The van der Waals surface area contributed by atoms with Gasteiger partial charge in [-0.15, -0.1) is 0 Å². The molecule has 84 valence electrons. The van der Waals surface area contributed by atoms with Crippen LogP contribution in [-0.2, 0) is 7.05 Å². The van der Waals surface area contributed by atoms with Crippen molar-refractivity contribution in [2.75, 3.05) is 12.8 Å². The molecule has 0 fully saturated rings. The molecular weight excluding hydrogens is 226 g/mol. The van der Waals surface area contributed by atoms with Crippen molar-refractivity contribution in [3.8, 4) is 17.0 Å². The summed E-state index contributed by atoms with van der Waals surface area (Å²) < 4.78 is 6.64. The molecule has 1 aromatic carbocycles. The Hall–Kier alpha value is -1.68. The number of nitrogen functional groups attached to an aromatic ring is 1. The molecule has 0 aliphatic carbocycles. The lowest BCUT2D eigenvalue weighted by Crippen LogP contribution is -1.96. The maximum atomic E-state index is 6.08. The van der Waals surface area contributed by atoms with Crippen LogP contribution >= 0.6 is 11.6 Å². The van der Waals surface area contributed by atoms with Gasteiger partial charge in [-0.1, -0.05) is 11.6 Å². The average molecular weight is 238 g/mol. The molecule has 0 radical (unpaired) electrons. The summed E-state index contributed by atoms with van der Waals surface area (Å²) in [6, 6.07) is 7.51. The number of halogens is 1. The predicted octanol–water partition coefficient (Wildman–Crippen LogP) is 2.33. The number of nitrogens with zero attached hydrogens (tertiary/aromatic N) is 2. The summed E-state index contributed by atoms with van der Waals surface area (Å²) in [7, 11) is 3.38. The van der Waals surface area contributed by atoms with Crippen LogP contribution in [0.5, 0.6) is 5.75 Å². The van der Waals surface area contributed by atoms with Crippen molar-refractivity contribution < 1.29 is 4.74 Å². The van der Waals surface area contributed by atoms with Gasteiger partial charge < -0.3 is 10.5 Å². The van der Waals surface area contributed by atoms with Crippen molar-refractivity contribution in [2.45, 2.75) is 0 Å². The van der Waals surface area contributed by atoms with E-state index in [9.17, 15) is 0 Å². The van der Waals surface area contributed by atoms with E-state index in [2.05, 4.69) is 5.10 Å². The lowest BCUT2D eigenvalue weighted by Gasteiger charge is -2.00. The van der Waals surface area contributed by atoms with Crippen molar-refractivity contribution in [1.82, 2.24) is 9.78 Å². The number of hydrogen-bond acceptors (Lipinski definition) is 3. The van der Waals surface area contributed by atoms with Crippen LogP contribution in [0.15, 0.2) is 24.3 Å². The van der Waals surface area contributed by atoms with Gasteiger partial charge in [-0.25, -0.2) is 0 Å². The first-order valence-corrected chi connectivity index (χ1v) is 5.13. The molecule has 1 aromatic heterocycles. The van der Waals surface area contributed by atoms with E-state index in [-0.39, 0.29) is 0 Å². The van der Waals surface area contributed by atoms with E-state index in [1.54, 1.807) is 18.8 Å². The Labute approximate surface area is 98.6 Å². The van der Waals surface area contributed by atoms with Crippen LogP contribution in [-0.4, -0.2) is 16.9 Å². The van der Waals surface area contributed by atoms with Gasteiger partial charge in [-0.2, -0.15) is 5.10 Å². The smallest absolute Gasteiger partial charge is 0.140 e. The number of rotatable bonds is 2. The minimum atomic E-state index is 0.465. The second kappa shape index (κ2) is 4.06. The molecule has 2 rings (SSSR count). The predicted molar refractivity (Wildman–Crippen MR) is 64.6 cm³/mol. The number of anilines is 1. The highest BCUT2D eigenvalue weighted by atomic mass is 35.5. The van der Waals surface area contributed by atoms with E-state index in [1.807, 2.05) is 24.3 Å². The summed E-state index contributed by atoms with van der Waals surface area (Å²) >= 11 is 6.08. The van der Waals surface area contributed by atoms with Gasteiger partial charge in [0.05, 0.1) is 7.11 Å². The maximum absolute atomic E-state index is 6.08. The molecule has 0 aliphatic rings. The first kappa shape index (κ1) is 10.8. The van der Waals surface area contributed by atoms with Crippen LogP contribution in [0, 0.1) is 0 Å². The van der Waals surface area contributed by atoms with E-state index < -0.39 is 0 Å². The molecule has 5 heteroatoms. The summed E-state index contributed by atoms with van der Waals surface area (Å²) in [4.78, 5) is 0. The normalized spacial score (nSPS) is 10.4. The monoisotopic (exact) mass is 237 g/mol. The van der Waals surface area contributed by atoms with Crippen molar-refractivity contribution in [2.24, 2.45) is 7.05 Å². The van der Waals surface area contributed by atoms with E-state index in [0.717, 1.165) is 11.3 Å². The van der Waals surface area contributed by atoms with Crippen LogP contribution in [0.25, 0.3) is 11.3 Å². The third-order valence-corrected chi connectivity index (χ3v) is 2.77. The number of aryl methyl sites for hydroxylation is 1. The molecule has 0 bridgehead atoms. The van der Waals surface area contributed by atoms with E-state index in [1.165, 1.54) is 0 Å². The second-order valence-corrected chi connectivity index (χ2v) is 3.78. The largest absolute Gasteiger partial charge is 0.497 e. The van der Waals surface area contributed by atoms with Gasteiger partial charge >= 0.3 is 0 Å². The highest BCUT2D eigenvalue weighted by molar-refractivity contribution is 6.35. The molecule has 2 N–H and O–H groups in total. The minimum absolute atomic E-state index is 0.465. The Morgan fingerprint density at radius 1 is 1.31 bits per heavy atom. The second-order valence-electron chi connectivity index (χ2n) is 3.40. The van der Waals surface area contributed by atoms with Gasteiger partial charge in [0, 0.05) is 12.6 Å². The standard InChI is InChI=1S/C11H12ClN3O/c1-15-11(13)9(12)10(14-15)7-3-5-8(16-2)6-4-7/h3-6H,13H2,1-2H3. The van der Waals surface area contributed by atoms with Gasteiger partial charge in [0.2, 0.25) is 0 Å². The molecule has 2 aromatic rings. The van der Waals surface area contributed by atoms with E-state index in [0.29, 0.717) is 16.5 Å². The Balaban J connectivity index is 2.46. The minimum Gasteiger partial charge on any atom is -0.497 e. The van der Waals surface area contributed by atoms with Crippen LogP contribution < -0.4 is 10.5 Å². The number of methoxy groups -OCH3 is 1. The molecule has 0 aliphatic heterocycles. The molecule has 0 amide bonds. The molecule has 0 saturated carbocycles. The first-order chi connectivity index (χ1) is 7.63. The van der Waals surface area contributed by atoms with Crippen LogP contribution in [0.2, 0.25) is 5.02 Å². The number of nitrogens with two attached hydrogens (primary N) is 1. The SMILES string of the molecule is COc1ccc(-c2nn(C)c(N)c2Cl)cc1. The summed E-state index contributed by atoms with van der Waals surface area (Å²) in [5.74, 6) is 1.26. The van der Waals surface area contributed by atoms with E-state index in [4.69, 9.17) is 22.1 Å². The Morgan fingerprint density at radius 2 is 1.94 bits per heavy atom. The Morgan fingerprint density at radius 3 is 2.38 bits per heavy atom. The van der Waals surface area contributed by atoms with Crippen molar-refractivity contribution in [3.63, 3.8) is 0 Å². The average Bonchev–Trinajstić information content (AvgIpc) is 2.57. The number of benzene rings is 1. The summed E-state index contributed by atoms with van der Waals surface area (Å²) in [5, 5.41) is 4.73. The molecule has 0 atom stereocenters. The molecule has 16 heavy (non-hydrogen) atoms. The van der Waals surface area contributed by atoms with Crippen molar-refractivity contribution in [3.05, 3.63) is 29.3 Å². The fourth-order valence-electron chi connectivity index (χ4n) is 1.44. The van der Waals surface area contributed by atoms with Gasteiger partial charge in [0.1, 0.15) is 22.3 Å². The lowest BCUT2D eigenvalue weighted by atomic mass is 10.1. The maximum Gasteiger partial charge on any atom is 0.140 e. The summed E-state index contributed by atoms with van der Waals surface area (Å²) in [6.07, 6.45) is 0. The third-order valence-electron chi connectivity index (χ3n) is 2.39. The number of ether oxygens (including phenoxy) is 1. The van der Waals surface area contributed by atoms with Crippen molar-refractivity contribution in [1.29, 1.82) is 0 Å². The quantitative estimate of drug-likeness (QED) is 0.872. The summed E-state index contributed by atoms with van der Waals surface area (Å²) in [5.41, 5.74) is 7.34. The zero-order chi connectivity index (χ0) is 11.7. The first-order valence-electron chi connectivity index (χ1n) is 4.76. The molecule has 1 heterocycles. The van der Waals surface area contributed by atoms with Crippen LogP contribution in [0.3, 0.4) is 0 Å². The topological polar surface area (TPSA) is 53.1 Å². The molecule has 0 saturated heterocycles. The number of hydrogen-bond donors (Lipinski definition) is 1. The zero-order valence-corrected chi connectivity index (χ0v) is 9.82. The Bertz CT molecular complexity index is 505. The van der Waals surface area contributed by atoms with Crippen LogP contribution in [0.4, 0.5) is 5.82 Å². The number of aromatic nitrogens is 2. The van der Waals surface area contributed by atoms with Gasteiger partial charge in [0.15, 0.2) is 0 Å². The molecule has 4 nitrogen and oxygen atoms in total. The van der Waals surface area contributed by atoms with E-state index >= 15 is 0 Å². The molecular formula is C11H12ClN3O. The van der Waals surface area contributed by atoms with Crippen LogP contribution in [0.1, 0.15) is 0 Å². The summed E-state index contributed by atoms with van der Waals surface area (Å²) in [6.45, 7) is 0.